The van der Waals surface area contributed by atoms with Gasteiger partial charge in [0.25, 0.3) is 0 Å². The zero-order chi connectivity index (χ0) is 26.6. The van der Waals surface area contributed by atoms with Gasteiger partial charge in [-0.1, -0.05) is 41.9 Å². The Hall–Kier alpha value is -4.09. The Morgan fingerprint density at radius 1 is 1.11 bits per heavy atom. The normalized spacial score (nSPS) is 11.1. The van der Waals surface area contributed by atoms with E-state index in [1.54, 1.807) is 25.1 Å². The number of fused-ring (bicyclic) bond motifs is 1. The molecule has 0 amide bonds. The van der Waals surface area contributed by atoms with Crippen LogP contribution in [0.2, 0.25) is 5.02 Å². The van der Waals surface area contributed by atoms with Crippen molar-refractivity contribution in [2.24, 2.45) is 0 Å². The molecule has 4 N–H and O–H groups in total. The SMILES string of the molecule is Cc1ccc(Oc2[nH]c3cc(Cl)c(-c4ccc(CO)cc4)cc3[nH+]2)cc1C(=O)O.O=C([O-])C(F)(F)F. The lowest BCUT2D eigenvalue weighted by Crippen LogP contribution is -2.37. The molecular formula is C24H18ClF3N2O6. The molecule has 36 heavy (non-hydrogen) atoms. The third-order valence-electron chi connectivity index (χ3n) is 4.94. The van der Waals surface area contributed by atoms with Crippen molar-refractivity contribution in [3.8, 4) is 22.9 Å². The lowest BCUT2D eigenvalue weighted by molar-refractivity contribution is -0.359. The van der Waals surface area contributed by atoms with Gasteiger partial charge in [0, 0.05) is 11.6 Å². The maximum Gasteiger partial charge on any atom is 0.458 e. The molecule has 1 aromatic heterocycles. The van der Waals surface area contributed by atoms with E-state index in [2.05, 4.69) is 9.97 Å². The average Bonchev–Trinajstić information content (AvgIpc) is 3.20. The molecular weight excluding hydrogens is 505 g/mol. The smallest absolute Gasteiger partial charge is 0.458 e. The Morgan fingerprint density at radius 3 is 2.31 bits per heavy atom. The van der Waals surface area contributed by atoms with Gasteiger partial charge in [-0.3, -0.25) is 0 Å². The van der Waals surface area contributed by atoms with Crippen LogP contribution in [0.4, 0.5) is 13.2 Å². The van der Waals surface area contributed by atoms with Crippen molar-refractivity contribution in [1.29, 1.82) is 0 Å². The predicted molar refractivity (Wildman–Crippen MR) is 120 cm³/mol. The number of hydrogen-bond acceptors (Lipinski definition) is 5. The number of carbonyl (C=O) groups is 2. The van der Waals surface area contributed by atoms with Gasteiger partial charge in [0.05, 0.1) is 17.2 Å². The van der Waals surface area contributed by atoms with E-state index in [9.17, 15) is 28.2 Å². The van der Waals surface area contributed by atoms with Crippen molar-refractivity contribution in [1.82, 2.24) is 4.98 Å². The van der Waals surface area contributed by atoms with E-state index in [0.29, 0.717) is 22.3 Å². The molecule has 0 saturated carbocycles. The molecule has 188 valence electrons. The van der Waals surface area contributed by atoms with Crippen molar-refractivity contribution < 1.29 is 47.8 Å². The van der Waals surface area contributed by atoms with Crippen molar-refractivity contribution in [3.05, 3.63) is 76.3 Å². The topological polar surface area (TPSA) is 137 Å². The van der Waals surface area contributed by atoms with Crippen molar-refractivity contribution in [3.63, 3.8) is 0 Å². The number of aliphatic hydroxyl groups is 1. The number of aromatic carboxylic acids is 1. The van der Waals surface area contributed by atoms with Crippen LogP contribution in [0.15, 0.2) is 54.6 Å². The quantitative estimate of drug-likeness (QED) is 0.364. The third kappa shape index (κ3) is 6.32. The Balaban J connectivity index is 0.000000454. The van der Waals surface area contributed by atoms with Crippen molar-refractivity contribution in [2.45, 2.75) is 19.7 Å². The summed E-state index contributed by atoms with van der Waals surface area (Å²) >= 11 is 6.46. The van der Waals surface area contributed by atoms with E-state index in [-0.39, 0.29) is 12.2 Å². The van der Waals surface area contributed by atoms with Gasteiger partial charge in [0.15, 0.2) is 11.0 Å². The van der Waals surface area contributed by atoms with Crippen molar-refractivity contribution in [2.75, 3.05) is 0 Å². The minimum atomic E-state index is -5.19. The van der Waals surface area contributed by atoms with Gasteiger partial charge < -0.3 is 24.9 Å². The molecule has 0 bridgehead atoms. The van der Waals surface area contributed by atoms with Crippen LogP contribution in [-0.2, 0) is 11.4 Å². The van der Waals surface area contributed by atoms with E-state index in [4.69, 9.17) is 26.2 Å². The molecule has 0 aliphatic rings. The number of imidazole rings is 1. The summed E-state index contributed by atoms with van der Waals surface area (Å²) in [6.45, 7) is 1.72. The van der Waals surface area contributed by atoms with Gasteiger partial charge in [-0.2, -0.15) is 13.2 Å². The van der Waals surface area contributed by atoms with Crippen LogP contribution >= 0.6 is 11.6 Å². The molecule has 0 spiro atoms. The minimum absolute atomic E-state index is 0.0120. The Morgan fingerprint density at radius 2 is 1.75 bits per heavy atom. The molecule has 4 aromatic rings. The average molecular weight is 523 g/mol. The van der Waals surface area contributed by atoms with Crippen LogP contribution in [0.3, 0.4) is 0 Å². The Kier molecular flexibility index (Phi) is 7.86. The number of carbonyl (C=O) groups excluding carboxylic acids is 1. The highest BCUT2D eigenvalue weighted by Gasteiger charge is 2.28. The van der Waals surface area contributed by atoms with Crippen LogP contribution in [0.25, 0.3) is 22.2 Å². The van der Waals surface area contributed by atoms with Crippen LogP contribution < -0.4 is 14.8 Å². The first-order valence-electron chi connectivity index (χ1n) is 10.1. The number of aromatic amines is 2. The molecule has 12 heteroatoms. The number of H-pyrrole nitrogens is 2. The molecule has 0 aliphatic carbocycles. The molecule has 0 atom stereocenters. The highest BCUT2D eigenvalue weighted by Crippen LogP contribution is 2.32. The second-order valence-corrected chi connectivity index (χ2v) is 7.89. The number of aryl methyl sites for hydroxylation is 1. The van der Waals surface area contributed by atoms with Gasteiger partial charge in [0.2, 0.25) is 0 Å². The highest BCUT2D eigenvalue weighted by atomic mass is 35.5. The summed E-state index contributed by atoms with van der Waals surface area (Å²) in [7, 11) is 0. The molecule has 1 heterocycles. The number of benzene rings is 3. The number of rotatable bonds is 5. The fraction of sp³-hybridized carbons (Fsp3) is 0.125. The molecule has 0 saturated heterocycles. The van der Waals surface area contributed by atoms with E-state index < -0.39 is 18.1 Å². The molecule has 3 aromatic carbocycles. The van der Waals surface area contributed by atoms with E-state index in [0.717, 1.165) is 27.7 Å². The zero-order valence-corrected chi connectivity index (χ0v) is 19.2. The van der Waals surface area contributed by atoms with Gasteiger partial charge in [-0.25, -0.2) is 14.8 Å². The number of halogens is 4. The summed E-state index contributed by atoms with van der Waals surface area (Å²) in [5.41, 5.74) is 4.99. The van der Waals surface area contributed by atoms with Crippen LogP contribution in [0.5, 0.6) is 11.8 Å². The van der Waals surface area contributed by atoms with Crippen molar-refractivity contribution >= 4 is 34.6 Å². The minimum Gasteiger partial charge on any atom is -0.542 e. The first kappa shape index (κ1) is 26.5. The molecule has 4 rings (SSSR count). The summed E-state index contributed by atoms with van der Waals surface area (Å²) in [4.78, 5) is 26.3. The first-order chi connectivity index (χ1) is 16.9. The predicted octanol–water partition coefficient (Wildman–Crippen LogP) is 3.89. The number of alkyl halides is 3. The fourth-order valence-corrected chi connectivity index (χ4v) is 3.40. The Bertz CT molecular complexity index is 1420. The van der Waals surface area contributed by atoms with Gasteiger partial charge in [-0.05, 0) is 41.8 Å². The molecule has 0 unspecified atom stereocenters. The maximum atomic E-state index is 11.3. The standard InChI is InChI=1S/C22H17ClN2O4.C2HF3O2/c1-12-2-7-15(8-16(12)21(27)28)29-22-24-19-9-17(18(23)10-20(19)25-22)14-5-3-13(11-26)4-6-14;3-2(4,5)1(6)7/h2-10,26H,11H2,1H3,(H,24,25)(H,27,28);(H,6,7). The number of aromatic nitrogens is 2. The summed E-state index contributed by atoms with van der Waals surface area (Å²) < 4.78 is 37.3. The van der Waals surface area contributed by atoms with Crippen LogP contribution in [0, 0.1) is 6.92 Å². The zero-order valence-electron chi connectivity index (χ0n) is 18.4. The number of carboxylic acid groups (broad SMARTS) is 2. The Labute approximate surface area is 206 Å². The van der Waals surface area contributed by atoms with Crippen LogP contribution in [0.1, 0.15) is 21.5 Å². The van der Waals surface area contributed by atoms with E-state index >= 15 is 0 Å². The van der Waals surface area contributed by atoms with E-state index in [1.165, 1.54) is 6.07 Å². The number of aliphatic carboxylic acids is 1. The molecule has 8 nitrogen and oxygen atoms in total. The summed E-state index contributed by atoms with van der Waals surface area (Å²) in [5, 5.41) is 27.8. The lowest BCUT2D eigenvalue weighted by atomic mass is 10.0. The number of nitrogens with one attached hydrogen (secondary N) is 2. The fourth-order valence-electron chi connectivity index (χ4n) is 3.13. The first-order valence-corrected chi connectivity index (χ1v) is 10.5. The summed E-state index contributed by atoms with van der Waals surface area (Å²) in [6, 6.07) is 16.5. The van der Waals surface area contributed by atoms with Gasteiger partial charge in [-0.15, -0.1) is 0 Å². The molecule has 0 fully saturated rings. The number of carboxylic acids is 2. The second kappa shape index (κ2) is 10.7. The molecule has 0 radical (unpaired) electrons. The van der Waals surface area contributed by atoms with Crippen LogP contribution in [-0.4, -0.2) is 33.3 Å². The highest BCUT2D eigenvalue weighted by molar-refractivity contribution is 6.34. The third-order valence-corrected chi connectivity index (χ3v) is 5.25. The number of hydrogen-bond donors (Lipinski definition) is 3. The maximum absolute atomic E-state index is 11.3. The van der Waals surface area contributed by atoms with E-state index in [1.807, 2.05) is 30.3 Å². The molecule has 0 aliphatic heterocycles. The monoisotopic (exact) mass is 522 g/mol. The number of ether oxygens (including phenoxy) is 1. The summed E-state index contributed by atoms with van der Waals surface area (Å²) in [5.74, 6) is -3.61. The summed E-state index contributed by atoms with van der Waals surface area (Å²) in [6.07, 6.45) is -5.19. The number of aliphatic hydroxyl groups excluding tert-OH is 1. The largest absolute Gasteiger partial charge is 0.542 e. The second-order valence-electron chi connectivity index (χ2n) is 7.48. The van der Waals surface area contributed by atoms with Gasteiger partial charge >= 0.3 is 18.2 Å². The lowest BCUT2D eigenvalue weighted by Gasteiger charge is -2.04. The van der Waals surface area contributed by atoms with Gasteiger partial charge in [0.1, 0.15) is 11.7 Å².